The lowest BCUT2D eigenvalue weighted by molar-refractivity contribution is 0.0193. The van der Waals surface area contributed by atoms with Crippen LogP contribution < -0.4 is 4.74 Å². The molecule has 4 heteroatoms. The van der Waals surface area contributed by atoms with Crippen LogP contribution >= 0.6 is 0 Å². The van der Waals surface area contributed by atoms with Gasteiger partial charge in [-0.2, -0.15) is 5.26 Å². The van der Waals surface area contributed by atoms with Crippen molar-refractivity contribution in [3.8, 4) is 11.8 Å². The van der Waals surface area contributed by atoms with E-state index in [2.05, 4.69) is 11.0 Å². The number of hydrogen-bond donors (Lipinski definition) is 1. The summed E-state index contributed by atoms with van der Waals surface area (Å²) in [5.41, 5.74) is 0.591. The van der Waals surface area contributed by atoms with E-state index in [0.29, 0.717) is 29.9 Å². The predicted octanol–water partition coefficient (Wildman–Crippen LogP) is 2.95. The molecule has 1 N–H and O–H groups in total. The Labute approximate surface area is 138 Å². The van der Waals surface area contributed by atoms with E-state index < -0.39 is 0 Å². The highest BCUT2D eigenvalue weighted by Gasteiger charge is 2.36. The van der Waals surface area contributed by atoms with Crippen molar-refractivity contribution in [2.24, 2.45) is 5.92 Å². The van der Waals surface area contributed by atoms with Crippen molar-refractivity contribution in [1.82, 2.24) is 4.90 Å². The number of aliphatic hydroxyl groups is 1. The van der Waals surface area contributed by atoms with Crippen molar-refractivity contribution < 1.29 is 9.84 Å². The molecule has 1 aromatic rings. The van der Waals surface area contributed by atoms with Crippen molar-refractivity contribution >= 4 is 0 Å². The van der Waals surface area contributed by atoms with Crippen molar-refractivity contribution in [2.45, 2.75) is 50.7 Å². The van der Waals surface area contributed by atoms with E-state index in [9.17, 15) is 5.11 Å². The van der Waals surface area contributed by atoms with Crippen LogP contribution in [0.5, 0.6) is 5.75 Å². The molecule has 2 aliphatic rings. The third-order valence-electron chi connectivity index (χ3n) is 5.33. The Bertz CT molecular complexity index is 555. The van der Waals surface area contributed by atoms with Crippen molar-refractivity contribution in [1.29, 1.82) is 5.26 Å². The van der Waals surface area contributed by atoms with Gasteiger partial charge in [-0.15, -0.1) is 0 Å². The van der Waals surface area contributed by atoms with Crippen molar-refractivity contribution in [3.05, 3.63) is 29.8 Å². The molecule has 1 saturated heterocycles. The monoisotopic (exact) mass is 314 g/mol. The third-order valence-corrected chi connectivity index (χ3v) is 5.33. The van der Waals surface area contributed by atoms with Gasteiger partial charge in [0, 0.05) is 18.5 Å². The molecule has 1 heterocycles. The topological polar surface area (TPSA) is 56.5 Å². The van der Waals surface area contributed by atoms with Crippen LogP contribution in [0, 0.1) is 17.2 Å². The van der Waals surface area contributed by atoms with E-state index in [1.165, 1.54) is 25.7 Å². The highest BCUT2D eigenvalue weighted by molar-refractivity contribution is 5.42. The minimum absolute atomic E-state index is 0.130. The number of hydrogen-bond acceptors (Lipinski definition) is 4. The average Bonchev–Trinajstić information content (AvgIpc) is 3.04. The maximum atomic E-state index is 10.3. The zero-order valence-electron chi connectivity index (χ0n) is 13.7. The minimum Gasteiger partial charge on any atom is -0.491 e. The van der Waals surface area contributed by atoms with E-state index in [1.54, 1.807) is 6.07 Å². The van der Waals surface area contributed by atoms with Crippen LogP contribution in [-0.2, 0) is 0 Å². The molecular formula is C19H26N2O2. The lowest BCUT2D eigenvalue weighted by Gasteiger charge is -2.37. The summed E-state index contributed by atoms with van der Waals surface area (Å²) >= 11 is 0. The zero-order valence-corrected chi connectivity index (χ0v) is 13.7. The van der Waals surface area contributed by atoms with E-state index >= 15 is 0 Å². The minimum atomic E-state index is -0.130. The second-order valence-corrected chi connectivity index (χ2v) is 6.72. The molecular weight excluding hydrogens is 288 g/mol. The molecule has 3 rings (SSSR count). The Morgan fingerprint density at radius 1 is 1.17 bits per heavy atom. The average molecular weight is 314 g/mol. The predicted molar refractivity (Wildman–Crippen MR) is 89.2 cm³/mol. The van der Waals surface area contributed by atoms with Gasteiger partial charge in [0.15, 0.2) is 0 Å². The highest BCUT2D eigenvalue weighted by Crippen LogP contribution is 2.34. The summed E-state index contributed by atoms with van der Waals surface area (Å²) < 4.78 is 5.83. The first-order valence-electron chi connectivity index (χ1n) is 8.83. The van der Waals surface area contributed by atoms with E-state index in [1.807, 2.05) is 18.2 Å². The van der Waals surface area contributed by atoms with Crippen LogP contribution in [0.3, 0.4) is 0 Å². The maximum absolute atomic E-state index is 10.3. The van der Waals surface area contributed by atoms with Gasteiger partial charge in [-0.1, -0.05) is 25.0 Å². The molecule has 0 radical (unpaired) electrons. The van der Waals surface area contributed by atoms with Crippen molar-refractivity contribution in [2.75, 3.05) is 19.7 Å². The molecule has 0 bridgehead atoms. The fourth-order valence-corrected chi connectivity index (χ4v) is 4.16. The van der Waals surface area contributed by atoms with Crippen LogP contribution in [0.1, 0.15) is 44.1 Å². The first kappa shape index (κ1) is 16.3. The second kappa shape index (κ2) is 7.81. The third kappa shape index (κ3) is 3.85. The SMILES string of the molecule is N#Cc1ccccc1OCCN1CCC[C@@H]1[C@@H]1CCCC[C@H]1O. The van der Waals surface area contributed by atoms with Crippen LogP contribution in [0.25, 0.3) is 0 Å². The summed E-state index contributed by atoms with van der Waals surface area (Å²) in [5, 5.41) is 19.4. The number of benzene rings is 1. The molecule has 124 valence electrons. The van der Waals surface area contributed by atoms with Gasteiger partial charge in [0.1, 0.15) is 18.4 Å². The molecule has 2 fully saturated rings. The molecule has 1 saturated carbocycles. The molecule has 0 amide bonds. The second-order valence-electron chi connectivity index (χ2n) is 6.72. The number of nitriles is 1. The molecule has 3 atom stereocenters. The van der Waals surface area contributed by atoms with Crippen molar-refractivity contribution in [3.63, 3.8) is 0 Å². The normalized spacial score (nSPS) is 28.4. The molecule has 23 heavy (non-hydrogen) atoms. The number of nitrogens with zero attached hydrogens (tertiary/aromatic N) is 2. The smallest absolute Gasteiger partial charge is 0.137 e. The number of rotatable bonds is 5. The largest absolute Gasteiger partial charge is 0.491 e. The highest BCUT2D eigenvalue weighted by atomic mass is 16.5. The van der Waals surface area contributed by atoms with Gasteiger partial charge in [-0.05, 0) is 44.4 Å². The van der Waals surface area contributed by atoms with E-state index in [0.717, 1.165) is 25.9 Å². The van der Waals surface area contributed by atoms with Crippen LogP contribution in [0.2, 0.25) is 0 Å². The fraction of sp³-hybridized carbons (Fsp3) is 0.632. The van der Waals surface area contributed by atoms with Gasteiger partial charge in [0.2, 0.25) is 0 Å². The number of ether oxygens (including phenoxy) is 1. The lowest BCUT2D eigenvalue weighted by Crippen LogP contribution is -2.43. The molecule has 1 aliphatic carbocycles. The van der Waals surface area contributed by atoms with Crippen LogP contribution in [-0.4, -0.2) is 41.8 Å². The van der Waals surface area contributed by atoms with Crippen LogP contribution in [0.4, 0.5) is 0 Å². The summed E-state index contributed by atoms with van der Waals surface area (Å²) in [6, 6.07) is 10.1. The standard InChI is InChI=1S/C19H26N2O2/c20-14-15-6-1-4-10-19(15)23-13-12-21-11-5-8-17(21)16-7-2-3-9-18(16)22/h1,4,6,10,16-18,22H,2-3,5,7-9,11-13H2/t16-,17+,18+/m0/s1. The summed E-state index contributed by atoms with van der Waals surface area (Å²) in [6.45, 7) is 2.56. The van der Waals surface area contributed by atoms with E-state index in [-0.39, 0.29) is 6.10 Å². The number of aliphatic hydroxyl groups excluding tert-OH is 1. The molecule has 0 aromatic heterocycles. The summed E-state index contributed by atoms with van der Waals surface area (Å²) in [6.07, 6.45) is 6.80. The molecule has 0 unspecified atom stereocenters. The Kier molecular flexibility index (Phi) is 5.53. The Morgan fingerprint density at radius 3 is 2.83 bits per heavy atom. The Morgan fingerprint density at radius 2 is 2.00 bits per heavy atom. The number of para-hydroxylation sites is 1. The summed E-state index contributed by atoms with van der Waals surface area (Å²) in [4.78, 5) is 2.48. The molecule has 0 spiro atoms. The quantitative estimate of drug-likeness (QED) is 0.908. The van der Waals surface area contributed by atoms with Gasteiger partial charge >= 0.3 is 0 Å². The first-order valence-corrected chi connectivity index (χ1v) is 8.83. The van der Waals surface area contributed by atoms with Gasteiger partial charge in [0.25, 0.3) is 0 Å². The Hall–Kier alpha value is -1.57. The van der Waals surface area contributed by atoms with Crippen LogP contribution in [0.15, 0.2) is 24.3 Å². The fourth-order valence-electron chi connectivity index (χ4n) is 4.16. The summed E-state index contributed by atoms with van der Waals surface area (Å²) in [5.74, 6) is 1.10. The van der Waals surface area contributed by atoms with Gasteiger partial charge < -0.3 is 9.84 Å². The van der Waals surface area contributed by atoms with Gasteiger partial charge in [0.05, 0.1) is 11.7 Å². The zero-order chi connectivity index (χ0) is 16.1. The van der Waals surface area contributed by atoms with Gasteiger partial charge in [-0.25, -0.2) is 0 Å². The molecule has 1 aliphatic heterocycles. The number of likely N-dealkylation sites (tertiary alicyclic amines) is 1. The molecule has 4 nitrogen and oxygen atoms in total. The lowest BCUT2D eigenvalue weighted by atomic mass is 9.80. The summed E-state index contributed by atoms with van der Waals surface area (Å²) in [7, 11) is 0. The maximum Gasteiger partial charge on any atom is 0.137 e. The molecule has 1 aromatic carbocycles. The Balaban J connectivity index is 1.54. The van der Waals surface area contributed by atoms with Gasteiger partial charge in [-0.3, -0.25) is 4.90 Å². The van der Waals surface area contributed by atoms with E-state index in [4.69, 9.17) is 10.00 Å². The first-order chi connectivity index (χ1) is 11.3.